The van der Waals surface area contributed by atoms with E-state index in [0.717, 1.165) is 29.5 Å². The largest absolute Gasteiger partial charge is 0.392 e. The average molecular weight is 421 g/mol. The Morgan fingerprint density at radius 2 is 1.97 bits per heavy atom. The SMILES string of the molecule is CCc1ccccc1-c1ccc([C@@H]2CCN(C(=O)c3cccc(Cl)n3)C2)c(CO)c1. The van der Waals surface area contributed by atoms with Crippen LogP contribution in [0.2, 0.25) is 5.15 Å². The van der Waals surface area contributed by atoms with E-state index in [9.17, 15) is 9.90 Å². The Morgan fingerprint density at radius 3 is 2.73 bits per heavy atom. The van der Waals surface area contributed by atoms with E-state index in [0.29, 0.717) is 23.9 Å². The van der Waals surface area contributed by atoms with Crippen LogP contribution in [0.3, 0.4) is 0 Å². The first-order valence-electron chi connectivity index (χ1n) is 10.3. The van der Waals surface area contributed by atoms with Gasteiger partial charge in [-0.25, -0.2) is 4.98 Å². The summed E-state index contributed by atoms with van der Waals surface area (Å²) in [6.07, 6.45) is 1.83. The summed E-state index contributed by atoms with van der Waals surface area (Å²) in [5.74, 6) is 0.102. The zero-order chi connectivity index (χ0) is 21.1. The normalized spacial score (nSPS) is 16.1. The third-order valence-electron chi connectivity index (χ3n) is 5.87. The minimum atomic E-state index is -0.0981. The molecule has 154 valence electrons. The lowest BCUT2D eigenvalue weighted by Crippen LogP contribution is -2.29. The Labute approximate surface area is 182 Å². The molecule has 0 bridgehead atoms. The predicted molar refractivity (Wildman–Crippen MR) is 120 cm³/mol. The number of aryl methyl sites for hydroxylation is 1. The number of pyridine rings is 1. The van der Waals surface area contributed by atoms with Crippen molar-refractivity contribution in [1.82, 2.24) is 9.88 Å². The third-order valence-corrected chi connectivity index (χ3v) is 6.08. The molecule has 4 rings (SSSR count). The minimum Gasteiger partial charge on any atom is -0.392 e. The topological polar surface area (TPSA) is 53.4 Å². The van der Waals surface area contributed by atoms with Crippen LogP contribution in [-0.2, 0) is 13.0 Å². The van der Waals surface area contributed by atoms with Crippen molar-refractivity contribution in [3.63, 3.8) is 0 Å². The second-order valence-electron chi connectivity index (χ2n) is 7.66. The summed E-state index contributed by atoms with van der Waals surface area (Å²) in [5, 5.41) is 10.4. The molecule has 1 amide bonds. The van der Waals surface area contributed by atoms with Gasteiger partial charge in [0.05, 0.1) is 6.61 Å². The number of aromatic nitrogens is 1. The molecule has 3 aromatic rings. The number of nitrogens with zero attached hydrogens (tertiary/aromatic N) is 2. The second-order valence-corrected chi connectivity index (χ2v) is 8.05. The van der Waals surface area contributed by atoms with Crippen molar-refractivity contribution in [2.45, 2.75) is 32.3 Å². The van der Waals surface area contributed by atoms with Gasteiger partial charge in [-0.3, -0.25) is 4.79 Å². The summed E-state index contributed by atoms with van der Waals surface area (Å²) in [7, 11) is 0. The number of likely N-dealkylation sites (tertiary alicyclic amines) is 1. The van der Waals surface area contributed by atoms with Gasteiger partial charge >= 0.3 is 0 Å². The van der Waals surface area contributed by atoms with Gasteiger partial charge in [-0.1, -0.05) is 61.0 Å². The Bertz CT molecular complexity index is 1070. The van der Waals surface area contributed by atoms with Crippen molar-refractivity contribution in [2.24, 2.45) is 0 Å². The van der Waals surface area contributed by atoms with E-state index in [1.165, 1.54) is 11.1 Å². The molecule has 2 heterocycles. The van der Waals surface area contributed by atoms with Crippen molar-refractivity contribution in [3.05, 3.63) is 88.2 Å². The van der Waals surface area contributed by atoms with Crippen molar-refractivity contribution in [2.75, 3.05) is 13.1 Å². The van der Waals surface area contributed by atoms with E-state index in [-0.39, 0.29) is 18.4 Å². The highest BCUT2D eigenvalue weighted by molar-refractivity contribution is 6.29. The highest BCUT2D eigenvalue weighted by Gasteiger charge is 2.30. The third kappa shape index (κ3) is 4.11. The molecule has 1 aromatic heterocycles. The van der Waals surface area contributed by atoms with E-state index < -0.39 is 0 Å². The van der Waals surface area contributed by atoms with E-state index >= 15 is 0 Å². The molecule has 1 aliphatic heterocycles. The number of benzene rings is 2. The van der Waals surface area contributed by atoms with Gasteiger partial charge in [-0.05, 0) is 58.9 Å². The van der Waals surface area contributed by atoms with E-state index in [2.05, 4.69) is 48.3 Å². The standard InChI is InChI=1S/C25H25ClN2O2/c1-2-17-6-3-4-7-21(17)18-10-11-22(20(14-18)16-29)19-12-13-28(15-19)25(30)23-8-5-9-24(26)27-23/h3-11,14,19,29H,2,12-13,15-16H2,1H3/t19-/m1/s1. The summed E-state index contributed by atoms with van der Waals surface area (Å²) in [6, 6.07) is 19.8. The molecule has 5 heteroatoms. The molecule has 0 aliphatic carbocycles. The van der Waals surface area contributed by atoms with Crippen LogP contribution in [0, 0.1) is 0 Å². The van der Waals surface area contributed by atoms with Crippen molar-refractivity contribution in [1.29, 1.82) is 0 Å². The lowest BCUT2D eigenvalue weighted by molar-refractivity contribution is 0.0785. The molecule has 0 saturated carbocycles. The fourth-order valence-corrected chi connectivity index (χ4v) is 4.47. The first-order chi connectivity index (χ1) is 14.6. The summed E-state index contributed by atoms with van der Waals surface area (Å²) < 4.78 is 0. The quantitative estimate of drug-likeness (QED) is 0.585. The number of carbonyl (C=O) groups excluding carboxylic acids is 1. The first-order valence-corrected chi connectivity index (χ1v) is 10.7. The van der Waals surface area contributed by atoms with Crippen LogP contribution < -0.4 is 0 Å². The number of hydrogen-bond donors (Lipinski definition) is 1. The van der Waals surface area contributed by atoms with Crippen LogP contribution in [0.5, 0.6) is 0 Å². The molecule has 1 N–H and O–H groups in total. The zero-order valence-electron chi connectivity index (χ0n) is 17.0. The van der Waals surface area contributed by atoms with Crippen LogP contribution in [0.25, 0.3) is 11.1 Å². The van der Waals surface area contributed by atoms with Gasteiger partial charge in [0.2, 0.25) is 0 Å². The van der Waals surface area contributed by atoms with Gasteiger partial charge in [0.25, 0.3) is 5.91 Å². The maximum absolute atomic E-state index is 12.8. The highest BCUT2D eigenvalue weighted by atomic mass is 35.5. The molecule has 30 heavy (non-hydrogen) atoms. The van der Waals surface area contributed by atoms with Gasteiger partial charge < -0.3 is 10.0 Å². The molecule has 0 unspecified atom stereocenters. The Kier molecular flexibility index (Phi) is 6.16. The maximum Gasteiger partial charge on any atom is 0.272 e. The van der Waals surface area contributed by atoms with Gasteiger partial charge in [-0.2, -0.15) is 0 Å². The highest BCUT2D eigenvalue weighted by Crippen LogP contribution is 2.34. The number of halogens is 1. The Hall–Kier alpha value is -2.69. The smallest absolute Gasteiger partial charge is 0.272 e. The summed E-state index contributed by atoms with van der Waals surface area (Å²) in [5.41, 5.74) is 6.03. The van der Waals surface area contributed by atoms with Crippen molar-refractivity contribution < 1.29 is 9.90 Å². The fourth-order valence-electron chi connectivity index (χ4n) is 4.31. The van der Waals surface area contributed by atoms with Crippen LogP contribution in [0.15, 0.2) is 60.7 Å². The molecular formula is C25H25ClN2O2. The number of aliphatic hydroxyl groups is 1. The zero-order valence-corrected chi connectivity index (χ0v) is 17.8. The molecule has 0 radical (unpaired) electrons. The predicted octanol–water partition coefficient (Wildman–Crippen LogP) is 5.09. The Balaban J connectivity index is 1.57. The number of aliphatic hydroxyl groups excluding tert-OH is 1. The van der Waals surface area contributed by atoms with Crippen molar-refractivity contribution >= 4 is 17.5 Å². The molecule has 4 nitrogen and oxygen atoms in total. The van der Waals surface area contributed by atoms with Gasteiger partial charge in [0.1, 0.15) is 10.8 Å². The number of rotatable bonds is 5. The molecule has 1 aliphatic rings. The Morgan fingerprint density at radius 1 is 1.13 bits per heavy atom. The number of carbonyl (C=O) groups is 1. The van der Waals surface area contributed by atoms with E-state index in [1.807, 2.05) is 11.0 Å². The van der Waals surface area contributed by atoms with Gasteiger partial charge in [0, 0.05) is 19.0 Å². The van der Waals surface area contributed by atoms with Crippen LogP contribution in [0.1, 0.15) is 46.4 Å². The first kappa shape index (κ1) is 20.6. The summed E-state index contributed by atoms with van der Waals surface area (Å²) in [4.78, 5) is 18.8. The van der Waals surface area contributed by atoms with Crippen molar-refractivity contribution in [3.8, 4) is 11.1 Å². The summed E-state index contributed by atoms with van der Waals surface area (Å²) >= 11 is 5.94. The number of amides is 1. The average Bonchev–Trinajstić information content (AvgIpc) is 3.28. The molecule has 2 aromatic carbocycles. The fraction of sp³-hybridized carbons (Fsp3) is 0.280. The maximum atomic E-state index is 12.8. The lowest BCUT2D eigenvalue weighted by Gasteiger charge is -2.19. The minimum absolute atomic E-state index is 0.0161. The lowest BCUT2D eigenvalue weighted by atomic mass is 9.89. The monoisotopic (exact) mass is 420 g/mol. The van der Waals surface area contributed by atoms with Gasteiger partial charge in [-0.15, -0.1) is 0 Å². The van der Waals surface area contributed by atoms with E-state index in [1.54, 1.807) is 18.2 Å². The molecule has 0 spiro atoms. The summed E-state index contributed by atoms with van der Waals surface area (Å²) in [6.45, 7) is 3.42. The molecule has 1 fully saturated rings. The van der Waals surface area contributed by atoms with Crippen LogP contribution in [-0.4, -0.2) is 34.0 Å². The molecule has 1 atom stereocenters. The molecule has 1 saturated heterocycles. The number of hydrogen-bond acceptors (Lipinski definition) is 3. The van der Waals surface area contributed by atoms with Crippen LogP contribution in [0.4, 0.5) is 0 Å². The van der Waals surface area contributed by atoms with Gasteiger partial charge in [0.15, 0.2) is 0 Å². The molecular weight excluding hydrogens is 396 g/mol. The van der Waals surface area contributed by atoms with Crippen LogP contribution >= 0.6 is 11.6 Å². The second kappa shape index (κ2) is 8.99. The van der Waals surface area contributed by atoms with E-state index in [4.69, 9.17) is 11.6 Å².